The minimum absolute atomic E-state index is 0.00723. The molecule has 12 heteroatoms. The first-order chi connectivity index (χ1) is 15.5. The lowest BCUT2D eigenvalue weighted by molar-refractivity contribution is 0.102. The molecule has 0 radical (unpaired) electrons. The molecule has 0 spiro atoms. The predicted molar refractivity (Wildman–Crippen MR) is 110 cm³/mol. The molecule has 32 heavy (non-hydrogen) atoms. The smallest absolute Gasteiger partial charge is 0.263 e. The largest absolute Gasteiger partial charge is 0.479 e. The van der Waals surface area contributed by atoms with Gasteiger partial charge in [-0.15, -0.1) is 15.3 Å². The van der Waals surface area contributed by atoms with Crippen molar-refractivity contribution in [2.24, 2.45) is 0 Å². The lowest BCUT2D eigenvalue weighted by Crippen LogP contribution is -2.14. The van der Waals surface area contributed by atoms with Crippen LogP contribution >= 0.6 is 0 Å². The molecule has 0 saturated heterocycles. The van der Waals surface area contributed by atoms with Gasteiger partial charge in [0.1, 0.15) is 22.9 Å². The Balaban J connectivity index is 1.43. The molecule has 5 heterocycles. The van der Waals surface area contributed by atoms with E-state index in [1.807, 2.05) is 6.07 Å². The molecule has 1 N–H and O–H groups in total. The molecule has 1 aliphatic rings. The number of nitrogens with one attached hydrogen (secondary N) is 1. The van der Waals surface area contributed by atoms with E-state index in [2.05, 4.69) is 47.1 Å². The van der Waals surface area contributed by atoms with Crippen molar-refractivity contribution in [2.75, 3.05) is 12.4 Å². The highest BCUT2D eigenvalue weighted by Gasteiger charge is 2.25. The van der Waals surface area contributed by atoms with Crippen LogP contribution in [-0.4, -0.2) is 52.5 Å². The van der Waals surface area contributed by atoms with Crippen LogP contribution < -0.4 is 10.1 Å². The van der Waals surface area contributed by atoms with Crippen molar-refractivity contribution in [3.05, 3.63) is 54.1 Å². The first-order valence-electron chi connectivity index (χ1n) is 9.88. The van der Waals surface area contributed by atoms with Gasteiger partial charge in [0.2, 0.25) is 11.7 Å². The molecular formula is C20H18FN9O2. The summed E-state index contributed by atoms with van der Waals surface area (Å²) in [5.41, 5.74) is 0.682. The number of hydrogen-bond acceptors (Lipinski definition) is 8. The van der Waals surface area contributed by atoms with Crippen LogP contribution in [0.1, 0.15) is 35.6 Å². The summed E-state index contributed by atoms with van der Waals surface area (Å²) >= 11 is 0. The van der Waals surface area contributed by atoms with Crippen molar-refractivity contribution < 1.29 is 13.9 Å². The molecule has 0 bridgehead atoms. The van der Waals surface area contributed by atoms with Crippen molar-refractivity contribution in [3.8, 4) is 23.2 Å². The van der Waals surface area contributed by atoms with Crippen molar-refractivity contribution >= 4 is 11.7 Å². The molecule has 4 aromatic heterocycles. The molecule has 0 saturated carbocycles. The van der Waals surface area contributed by atoms with E-state index in [9.17, 15) is 9.18 Å². The summed E-state index contributed by atoms with van der Waals surface area (Å²) in [5, 5.41) is 15.3. The second-order valence-corrected chi connectivity index (χ2v) is 7.23. The van der Waals surface area contributed by atoms with E-state index < -0.39 is 11.9 Å². The maximum absolute atomic E-state index is 14.0. The van der Waals surface area contributed by atoms with Gasteiger partial charge in [-0.1, -0.05) is 6.07 Å². The third-order valence-electron chi connectivity index (χ3n) is 5.18. The molecule has 1 atom stereocenters. The molecule has 0 aliphatic carbocycles. The molecule has 0 unspecified atom stereocenters. The number of anilines is 1. The zero-order chi connectivity index (χ0) is 22.2. The van der Waals surface area contributed by atoms with Gasteiger partial charge in [0.05, 0.1) is 7.11 Å². The van der Waals surface area contributed by atoms with Gasteiger partial charge >= 0.3 is 0 Å². The molecule has 1 aliphatic heterocycles. The Kier molecular flexibility index (Phi) is 4.81. The molecule has 0 fully saturated rings. The highest BCUT2D eigenvalue weighted by Crippen LogP contribution is 2.30. The number of amides is 1. The number of carbonyl (C=O) groups excluding carboxylic acids is 1. The number of hydrogen-bond donors (Lipinski definition) is 1. The Bertz CT molecular complexity index is 1320. The van der Waals surface area contributed by atoms with Crippen molar-refractivity contribution in [1.82, 2.24) is 39.5 Å². The maximum atomic E-state index is 14.0. The Morgan fingerprint density at radius 1 is 1.25 bits per heavy atom. The summed E-state index contributed by atoms with van der Waals surface area (Å²) in [7, 11) is 1.36. The number of nitrogens with zero attached hydrogens (tertiary/aromatic N) is 8. The third-order valence-corrected chi connectivity index (χ3v) is 5.18. The summed E-state index contributed by atoms with van der Waals surface area (Å²) in [6.45, 7) is 2.11. The highest BCUT2D eigenvalue weighted by molar-refractivity contribution is 6.05. The van der Waals surface area contributed by atoms with Gasteiger partial charge in [-0.25, -0.2) is 19.6 Å². The summed E-state index contributed by atoms with van der Waals surface area (Å²) in [4.78, 5) is 24.9. The molecule has 4 aromatic rings. The summed E-state index contributed by atoms with van der Waals surface area (Å²) in [6.07, 6.45) is 5.74. The number of aromatic nitrogens is 8. The lowest BCUT2D eigenvalue weighted by Gasteiger charge is -2.10. The van der Waals surface area contributed by atoms with Gasteiger partial charge in [0.25, 0.3) is 11.9 Å². The van der Waals surface area contributed by atoms with E-state index >= 15 is 0 Å². The third kappa shape index (κ3) is 3.35. The molecule has 162 valence electrons. The Hall–Kier alpha value is -4.22. The summed E-state index contributed by atoms with van der Waals surface area (Å²) in [6, 6.07) is 5.53. The van der Waals surface area contributed by atoms with Gasteiger partial charge in [-0.3, -0.25) is 4.79 Å². The van der Waals surface area contributed by atoms with Crippen LogP contribution in [0.25, 0.3) is 17.3 Å². The molecule has 1 amide bonds. The molecular weight excluding hydrogens is 417 g/mol. The van der Waals surface area contributed by atoms with E-state index in [-0.39, 0.29) is 23.3 Å². The van der Waals surface area contributed by atoms with Gasteiger partial charge < -0.3 is 14.6 Å². The van der Waals surface area contributed by atoms with Gasteiger partial charge in [0.15, 0.2) is 5.82 Å². The Labute approximate surface area is 181 Å². The van der Waals surface area contributed by atoms with Gasteiger partial charge in [0, 0.05) is 31.1 Å². The molecule has 11 nitrogen and oxygen atoms in total. The number of halogens is 1. The monoisotopic (exact) mass is 435 g/mol. The number of rotatable bonds is 5. The fraction of sp³-hybridized carbons (Fsp3) is 0.250. The minimum Gasteiger partial charge on any atom is -0.479 e. The van der Waals surface area contributed by atoms with Crippen LogP contribution in [0.3, 0.4) is 0 Å². The van der Waals surface area contributed by atoms with Crippen molar-refractivity contribution in [1.29, 1.82) is 0 Å². The quantitative estimate of drug-likeness (QED) is 0.506. The Morgan fingerprint density at radius 3 is 2.91 bits per heavy atom. The summed E-state index contributed by atoms with van der Waals surface area (Å²) in [5.74, 6) is 0.404. The van der Waals surface area contributed by atoms with Crippen molar-refractivity contribution in [3.63, 3.8) is 0 Å². The van der Waals surface area contributed by atoms with E-state index in [0.717, 1.165) is 23.3 Å². The van der Waals surface area contributed by atoms with Crippen LogP contribution in [0.15, 0.2) is 36.8 Å². The summed E-state index contributed by atoms with van der Waals surface area (Å²) < 4.78 is 22.3. The van der Waals surface area contributed by atoms with E-state index in [0.29, 0.717) is 17.3 Å². The maximum Gasteiger partial charge on any atom is 0.263 e. The normalized spacial score (nSPS) is 14.9. The number of fused-ring (bicyclic) bond motifs is 1. The fourth-order valence-electron chi connectivity index (χ4n) is 3.65. The van der Waals surface area contributed by atoms with Gasteiger partial charge in [-0.05, 0) is 25.5 Å². The van der Waals surface area contributed by atoms with E-state index in [1.54, 1.807) is 12.1 Å². The number of aryl methyl sites for hydroxylation is 1. The zero-order valence-electron chi connectivity index (χ0n) is 17.2. The first-order valence-corrected chi connectivity index (χ1v) is 9.88. The number of ether oxygens (including phenoxy) is 1. The number of methoxy groups -OCH3 is 1. The number of pyridine rings is 1. The molecule has 5 rings (SSSR count). The van der Waals surface area contributed by atoms with Crippen LogP contribution in [0, 0.1) is 5.95 Å². The predicted octanol–water partition coefficient (Wildman–Crippen LogP) is 2.22. The number of carbonyl (C=O) groups is 1. The van der Waals surface area contributed by atoms with Crippen molar-refractivity contribution in [2.45, 2.75) is 25.8 Å². The standard InChI is InChI=1S/C20H18FN9O2/c1-11-6-7-15-26-27-17(30(11)15)13-4-3-5-14(24-13)25-19(31)12-10-29(28-20(12)32-2)18-16(21)22-8-9-23-18/h3-5,8-11H,6-7H2,1-2H3,(H,24,25,31)/t11-/m0/s1. The van der Waals surface area contributed by atoms with Crippen LogP contribution in [0.4, 0.5) is 10.2 Å². The van der Waals surface area contributed by atoms with Crippen LogP contribution in [-0.2, 0) is 6.42 Å². The van der Waals surface area contributed by atoms with Crippen LogP contribution in [0.2, 0.25) is 0 Å². The zero-order valence-corrected chi connectivity index (χ0v) is 17.2. The average Bonchev–Trinajstić information content (AvgIpc) is 3.50. The van der Waals surface area contributed by atoms with E-state index in [4.69, 9.17) is 4.74 Å². The second kappa shape index (κ2) is 7.80. The fourth-order valence-corrected chi connectivity index (χ4v) is 3.65. The Morgan fingerprint density at radius 2 is 2.09 bits per heavy atom. The first kappa shape index (κ1) is 19.7. The van der Waals surface area contributed by atoms with E-state index in [1.165, 1.54) is 25.7 Å². The van der Waals surface area contributed by atoms with Gasteiger partial charge in [-0.2, -0.15) is 4.39 Å². The van der Waals surface area contributed by atoms with Crippen LogP contribution in [0.5, 0.6) is 5.88 Å². The molecule has 0 aromatic carbocycles. The topological polar surface area (TPSA) is 126 Å². The average molecular weight is 435 g/mol. The lowest BCUT2D eigenvalue weighted by atomic mass is 10.2. The highest BCUT2D eigenvalue weighted by atomic mass is 19.1. The second-order valence-electron chi connectivity index (χ2n) is 7.23. The SMILES string of the molecule is COc1nn(-c2nccnc2F)cc1C(=O)Nc1cccc(-c2nnc3n2[C@@H](C)CC3)n1. The minimum atomic E-state index is -0.825.